The van der Waals surface area contributed by atoms with Crippen molar-refractivity contribution in [2.75, 3.05) is 11.1 Å². The molecule has 9 nitrogen and oxygen atoms in total. The minimum absolute atomic E-state index is 0.0394. The maximum absolute atomic E-state index is 11.5. The molecule has 0 radical (unpaired) electrons. The highest BCUT2D eigenvalue weighted by atomic mass is 32.2. The molecule has 26 heavy (non-hydrogen) atoms. The van der Waals surface area contributed by atoms with Gasteiger partial charge in [-0.2, -0.15) is 5.26 Å². The van der Waals surface area contributed by atoms with Crippen molar-refractivity contribution in [1.29, 1.82) is 5.26 Å². The normalized spacial score (nSPS) is 11.1. The quantitative estimate of drug-likeness (QED) is 0.610. The number of aryl methyl sites for hydroxylation is 1. The SMILES string of the molecule is Cc1nc(N)sc1-c1nc(Nc2cccc(S(N)(=O)=O)c2)ncc1C#N. The van der Waals surface area contributed by atoms with E-state index in [0.717, 1.165) is 0 Å². The lowest BCUT2D eigenvalue weighted by Gasteiger charge is -2.08. The van der Waals surface area contributed by atoms with Crippen LogP contribution in [0.3, 0.4) is 0 Å². The van der Waals surface area contributed by atoms with Gasteiger partial charge in [-0.15, -0.1) is 0 Å². The lowest BCUT2D eigenvalue weighted by Crippen LogP contribution is -2.12. The molecule has 0 atom stereocenters. The zero-order chi connectivity index (χ0) is 18.9. The van der Waals surface area contributed by atoms with Crippen LogP contribution in [-0.2, 0) is 10.0 Å². The Hall–Kier alpha value is -3.07. The number of hydrogen-bond donors (Lipinski definition) is 3. The number of nitrogens with one attached hydrogen (secondary N) is 1. The Labute approximate surface area is 153 Å². The van der Waals surface area contributed by atoms with Gasteiger partial charge in [-0.3, -0.25) is 0 Å². The Kier molecular flexibility index (Phi) is 4.56. The Morgan fingerprint density at radius 3 is 2.69 bits per heavy atom. The first-order valence-corrected chi connectivity index (χ1v) is 9.54. The second-order valence-corrected chi connectivity index (χ2v) is 7.82. The fourth-order valence-electron chi connectivity index (χ4n) is 2.21. The summed E-state index contributed by atoms with van der Waals surface area (Å²) in [6, 6.07) is 7.98. The maximum atomic E-state index is 11.5. The van der Waals surface area contributed by atoms with Gasteiger partial charge in [0.15, 0.2) is 5.13 Å². The van der Waals surface area contributed by atoms with Gasteiger partial charge in [0.25, 0.3) is 0 Å². The van der Waals surface area contributed by atoms with E-state index in [2.05, 4.69) is 20.3 Å². The van der Waals surface area contributed by atoms with Crippen molar-refractivity contribution in [2.45, 2.75) is 11.8 Å². The van der Waals surface area contributed by atoms with Crippen molar-refractivity contribution in [1.82, 2.24) is 15.0 Å². The molecule has 0 unspecified atom stereocenters. The highest BCUT2D eigenvalue weighted by molar-refractivity contribution is 7.89. The number of nitriles is 1. The summed E-state index contributed by atoms with van der Waals surface area (Å²) in [7, 11) is -3.83. The Morgan fingerprint density at radius 2 is 2.08 bits per heavy atom. The third-order valence-corrected chi connectivity index (χ3v) is 5.26. The van der Waals surface area contributed by atoms with Gasteiger partial charge in [0, 0.05) is 5.69 Å². The van der Waals surface area contributed by atoms with Crippen LogP contribution in [0.25, 0.3) is 10.6 Å². The summed E-state index contributed by atoms with van der Waals surface area (Å²) in [5, 5.41) is 17.7. The summed E-state index contributed by atoms with van der Waals surface area (Å²) in [4.78, 5) is 13.2. The summed E-state index contributed by atoms with van der Waals surface area (Å²) >= 11 is 1.22. The van der Waals surface area contributed by atoms with Crippen molar-refractivity contribution in [3.05, 3.63) is 41.7 Å². The summed E-state index contributed by atoms with van der Waals surface area (Å²) < 4.78 is 22.9. The van der Waals surface area contributed by atoms with Crippen molar-refractivity contribution < 1.29 is 8.42 Å². The van der Waals surface area contributed by atoms with Crippen molar-refractivity contribution in [3.8, 4) is 16.6 Å². The standard InChI is InChI=1S/C15H13N7O2S2/c1-8-13(25-14(17)20-8)12-9(6-16)7-19-15(22-12)21-10-3-2-4-11(5-10)26(18,23)24/h2-5,7H,1H3,(H2,17,20)(H2,18,23,24)(H,19,21,22). The van der Waals surface area contributed by atoms with Crippen molar-refractivity contribution >= 4 is 38.1 Å². The van der Waals surface area contributed by atoms with E-state index in [9.17, 15) is 13.7 Å². The molecule has 0 spiro atoms. The fourth-order valence-corrected chi connectivity index (χ4v) is 3.61. The predicted octanol–water partition coefficient (Wildman–Crippen LogP) is 1.75. The van der Waals surface area contributed by atoms with Crippen LogP contribution in [0.1, 0.15) is 11.3 Å². The molecule has 5 N–H and O–H groups in total. The molecule has 0 amide bonds. The van der Waals surface area contributed by atoms with Crippen LogP contribution in [0.5, 0.6) is 0 Å². The number of nitrogens with two attached hydrogens (primary N) is 2. The molecule has 3 rings (SSSR count). The number of nitrogens with zero attached hydrogens (tertiary/aromatic N) is 4. The van der Waals surface area contributed by atoms with Crippen LogP contribution < -0.4 is 16.2 Å². The highest BCUT2D eigenvalue weighted by Gasteiger charge is 2.16. The average molecular weight is 387 g/mol. The minimum atomic E-state index is -3.83. The molecular weight excluding hydrogens is 374 g/mol. The van der Waals surface area contributed by atoms with Crippen LogP contribution >= 0.6 is 11.3 Å². The third kappa shape index (κ3) is 3.62. The molecule has 0 bridgehead atoms. The van der Waals surface area contributed by atoms with E-state index in [-0.39, 0.29) is 16.4 Å². The fraction of sp³-hybridized carbons (Fsp3) is 0.0667. The van der Waals surface area contributed by atoms with Crippen LogP contribution in [0.2, 0.25) is 0 Å². The van der Waals surface area contributed by atoms with Gasteiger partial charge in [0.1, 0.15) is 11.8 Å². The number of benzene rings is 1. The smallest absolute Gasteiger partial charge is 0.238 e. The Morgan fingerprint density at radius 1 is 1.31 bits per heavy atom. The minimum Gasteiger partial charge on any atom is -0.375 e. The van der Waals surface area contributed by atoms with E-state index in [1.165, 1.54) is 29.7 Å². The molecular formula is C15H13N7O2S2. The summed E-state index contributed by atoms with van der Waals surface area (Å²) in [6.07, 6.45) is 1.38. The molecule has 3 aromatic rings. The van der Waals surface area contributed by atoms with Gasteiger partial charge in [-0.1, -0.05) is 17.4 Å². The first-order valence-electron chi connectivity index (χ1n) is 7.18. The lowest BCUT2D eigenvalue weighted by molar-refractivity contribution is 0.598. The number of hydrogen-bond acceptors (Lipinski definition) is 9. The molecule has 11 heteroatoms. The second kappa shape index (κ2) is 6.68. The molecule has 0 aliphatic heterocycles. The number of thiazole rings is 1. The Bertz CT molecular complexity index is 1130. The van der Waals surface area contributed by atoms with E-state index in [4.69, 9.17) is 10.9 Å². The summed E-state index contributed by atoms with van der Waals surface area (Å²) in [5.74, 6) is 0.192. The van der Waals surface area contributed by atoms with Crippen molar-refractivity contribution in [2.24, 2.45) is 5.14 Å². The largest absolute Gasteiger partial charge is 0.375 e. The third-order valence-electron chi connectivity index (χ3n) is 3.36. The van der Waals surface area contributed by atoms with Gasteiger partial charge in [-0.25, -0.2) is 28.5 Å². The van der Waals surface area contributed by atoms with E-state index in [0.29, 0.717) is 27.1 Å². The van der Waals surface area contributed by atoms with Crippen LogP contribution in [0.15, 0.2) is 35.4 Å². The molecule has 0 fully saturated rings. The number of rotatable bonds is 4. The molecule has 0 aliphatic carbocycles. The van der Waals surface area contributed by atoms with Gasteiger partial charge in [0.05, 0.1) is 27.2 Å². The molecule has 1 aromatic carbocycles. The number of primary sulfonamides is 1. The van der Waals surface area contributed by atoms with E-state index in [1.54, 1.807) is 19.1 Å². The Balaban J connectivity index is 2.02. The topological polar surface area (TPSA) is 161 Å². The van der Waals surface area contributed by atoms with Crippen molar-refractivity contribution in [3.63, 3.8) is 0 Å². The monoisotopic (exact) mass is 387 g/mol. The number of sulfonamides is 1. The maximum Gasteiger partial charge on any atom is 0.238 e. The molecule has 2 heterocycles. The summed E-state index contributed by atoms with van der Waals surface area (Å²) in [5.41, 5.74) is 7.50. The van der Waals surface area contributed by atoms with E-state index in [1.807, 2.05) is 6.07 Å². The van der Waals surface area contributed by atoms with Gasteiger partial charge >= 0.3 is 0 Å². The molecule has 0 saturated heterocycles. The number of aromatic nitrogens is 3. The van der Waals surface area contributed by atoms with Crippen LogP contribution in [-0.4, -0.2) is 23.4 Å². The zero-order valence-electron chi connectivity index (χ0n) is 13.5. The molecule has 0 aliphatic rings. The zero-order valence-corrected chi connectivity index (χ0v) is 15.1. The number of anilines is 3. The lowest BCUT2D eigenvalue weighted by atomic mass is 10.2. The van der Waals surface area contributed by atoms with Gasteiger partial charge in [-0.05, 0) is 25.1 Å². The highest BCUT2D eigenvalue weighted by Crippen LogP contribution is 2.32. The molecule has 132 valence electrons. The predicted molar refractivity (Wildman–Crippen MR) is 98.1 cm³/mol. The molecule has 2 aromatic heterocycles. The number of nitrogen functional groups attached to an aromatic ring is 1. The first-order chi connectivity index (χ1) is 12.3. The van der Waals surface area contributed by atoms with Gasteiger partial charge < -0.3 is 11.1 Å². The first kappa shape index (κ1) is 17.7. The summed E-state index contributed by atoms with van der Waals surface area (Å²) in [6.45, 7) is 1.77. The molecule has 0 saturated carbocycles. The van der Waals surface area contributed by atoms with E-state index < -0.39 is 10.0 Å². The van der Waals surface area contributed by atoms with Gasteiger partial charge in [0.2, 0.25) is 16.0 Å². The second-order valence-electron chi connectivity index (χ2n) is 5.23. The van der Waals surface area contributed by atoms with E-state index >= 15 is 0 Å². The average Bonchev–Trinajstić information content (AvgIpc) is 2.92. The van der Waals surface area contributed by atoms with Crippen LogP contribution in [0, 0.1) is 18.3 Å². The van der Waals surface area contributed by atoms with Crippen LogP contribution in [0.4, 0.5) is 16.8 Å².